The van der Waals surface area contributed by atoms with Gasteiger partial charge in [0.2, 0.25) is 0 Å². The Hall–Kier alpha value is 0.260. The summed E-state index contributed by atoms with van der Waals surface area (Å²) in [5.74, 6) is 0. The lowest BCUT2D eigenvalue weighted by Gasteiger charge is -2.23. The normalized spacial score (nSPS) is 16.0. The topological polar surface area (TPSA) is 238 Å². The third-order valence-electron chi connectivity index (χ3n) is 1.26. The lowest BCUT2D eigenvalue weighted by molar-refractivity contribution is 0.1000. The predicted molar refractivity (Wildman–Crippen MR) is 73.5 cm³/mol. The lowest BCUT2D eigenvalue weighted by atomic mass is 10.1. The molecule has 0 aliphatic carbocycles. The Kier molecular flexibility index (Phi) is 9.50. The van der Waals surface area contributed by atoms with Crippen molar-refractivity contribution in [3.05, 3.63) is 12.7 Å². The Morgan fingerprint density at radius 2 is 1.09 bits per heavy atom. The zero-order valence-electron chi connectivity index (χ0n) is 11.6. The van der Waals surface area contributed by atoms with Crippen molar-refractivity contribution in [3.8, 4) is 0 Å². The molecule has 18 heteroatoms. The Balaban J connectivity index is 0. The SMILES string of the molecule is C=CC(C)(C)OP(=O)(O)OP(=O)(O)O.O=P(O)(O)OP(=O)(O)O. The second-order valence-electron chi connectivity index (χ2n) is 4.00. The van der Waals surface area contributed by atoms with Gasteiger partial charge in [-0.15, -0.1) is 6.58 Å². The van der Waals surface area contributed by atoms with Gasteiger partial charge in [-0.25, -0.2) is 18.3 Å². The Morgan fingerprint density at radius 3 is 1.26 bits per heavy atom. The number of phosphoric acid groups is 4. The van der Waals surface area contributed by atoms with Crippen LogP contribution >= 0.6 is 31.3 Å². The smallest absolute Gasteiger partial charge is 0.302 e. The molecule has 7 N–H and O–H groups in total. The predicted octanol–water partition coefficient (Wildman–Crippen LogP) is 0.366. The van der Waals surface area contributed by atoms with Crippen LogP contribution < -0.4 is 0 Å². The molecule has 0 aromatic carbocycles. The molecule has 1 atom stereocenters. The molecule has 0 aromatic heterocycles. The fourth-order valence-electron chi connectivity index (χ4n) is 0.624. The van der Waals surface area contributed by atoms with Crippen molar-refractivity contribution in [2.24, 2.45) is 0 Å². The molecule has 0 amide bonds. The summed E-state index contributed by atoms with van der Waals surface area (Å²) in [6, 6.07) is 0. The molecule has 14 nitrogen and oxygen atoms in total. The van der Waals surface area contributed by atoms with Crippen LogP contribution in [-0.4, -0.2) is 39.9 Å². The number of hydrogen-bond acceptors (Lipinski definition) is 7. The first-order valence-corrected chi connectivity index (χ1v) is 11.0. The monoisotopic (exact) mass is 424 g/mol. The summed E-state index contributed by atoms with van der Waals surface area (Å²) in [6.07, 6.45) is 1.19. The van der Waals surface area contributed by atoms with Crippen molar-refractivity contribution < 1.29 is 65.7 Å². The zero-order chi connectivity index (χ0) is 19.3. The van der Waals surface area contributed by atoms with E-state index in [2.05, 4.69) is 19.7 Å². The van der Waals surface area contributed by atoms with E-state index in [0.29, 0.717) is 0 Å². The van der Waals surface area contributed by atoms with Crippen LogP contribution in [0, 0.1) is 0 Å². The summed E-state index contributed by atoms with van der Waals surface area (Å²) in [7, 11) is -19.9. The summed E-state index contributed by atoms with van der Waals surface area (Å²) in [5, 5.41) is 0. The molecular weight excluding hydrogens is 408 g/mol. The van der Waals surface area contributed by atoms with Crippen molar-refractivity contribution in [2.75, 3.05) is 0 Å². The molecular formula is C5H16O14P4. The first-order valence-electron chi connectivity index (χ1n) is 4.94. The van der Waals surface area contributed by atoms with Gasteiger partial charge in [-0.3, -0.25) is 4.52 Å². The summed E-state index contributed by atoms with van der Waals surface area (Å²) in [6.45, 7) is 6.07. The third-order valence-corrected chi connectivity index (χ3v) is 5.34. The van der Waals surface area contributed by atoms with Crippen LogP contribution in [0.2, 0.25) is 0 Å². The molecule has 0 rings (SSSR count). The molecule has 0 radical (unpaired) electrons. The van der Waals surface area contributed by atoms with Gasteiger partial charge in [-0.2, -0.15) is 8.62 Å². The van der Waals surface area contributed by atoms with E-state index in [0.717, 1.165) is 0 Å². The first-order chi connectivity index (χ1) is 9.68. The third kappa shape index (κ3) is 20.2. The summed E-state index contributed by atoms with van der Waals surface area (Å²) >= 11 is 0. The Morgan fingerprint density at radius 1 is 0.783 bits per heavy atom. The molecule has 0 aromatic rings. The highest BCUT2D eigenvalue weighted by Gasteiger charge is 2.36. The molecule has 1 unspecified atom stereocenters. The first kappa shape index (κ1) is 25.5. The fourth-order valence-corrected chi connectivity index (χ4v) is 3.61. The van der Waals surface area contributed by atoms with Gasteiger partial charge in [0, 0.05) is 0 Å². The van der Waals surface area contributed by atoms with Crippen LogP contribution in [0.1, 0.15) is 13.8 Å². The molecule has 0 saturated heterocycles. The van der Waals surface area contributed by atoms with Gasteiger partial charge < -0.3 is 34.3 Å². The maximum atomic E-state index is 11.0. The highest BCUT2D eigenvalue weighted by atomic mass is 31.3. The molecule has 140 valence electrons. The lowest BCUT2D eigenvalue weighted by Crippen LogP contribution is -2.19. The standard InChI is InChI=1S/C5H12O7P2.H4O7P2/c1-4-5(2,3)11-14(9,10)12-13(6,7)8;1-8(2,3)7-9(4,5)6/h4H,1H2,2-3H3,(H,9,10)(H2,6,7,8);(H2,1,2,3)(H2,4,5,6). The number of hydrogen-bond donors (Lipinski definition) is 7. The van der Waals surface area contributed by atoms with E-state index in [1.54, 1.807) is 0 Å². The second-order valence-corrected chi connectivity index (χ2v) is 9.37. The Labute approximate surface area is 130 Å². The molecule has 0 aliphatic heterocycles. The van der Waals surface area contributed by atoms with Gasteiger partial charge in [0.15, 0.2) is 0 Å². The van der Waals surface area contributed by atoms with Gasteiger partial charge in [0.1, 0.15) is 0 Å². The van der Waals surface area contributed by atoms with Crippen molar-refractivity contribution in [1.29, 1.82) is 0 Å². The molecule has 0 bridgehead atoms. The van der Waals surface area contributed by atoms with Crippen molar-refractivity contribution >= 4 is 31.3 Å². The van der Waals surface area contributed by atoms with Crippen molar-refractivity contribution in [3.63, 3.8) is 0 Å². The van der Waals surface area contributed by atoms with Gasteiger partial charge in [-0.1, -0.05) is 6.08 Å². The van der Waals surface area contributed by atoms with Crippen LogP contribution in [0.3, 0.4) is 0 Å². The van der Waals surface area contributed by atoms with Gasteiger partial charge in [0.25, 0.3) is 0 Å². The summed E-state index contributed by atoms with van der Waals surface area (Å²) < 4.78 is 51.4. The van der Waals surface area contributed by atoms with E-state index in [4.69, 9.17) is 34.3 Å². The molecule has 0 fully saturated rings. The zero-order valence-corrected chi connectivity index (χ0v) is 15.1. The molecule has 23 heavy (non-hydrogen) atoms. The maximum Gasteiger partial charge on any atom is 0.481 e. The van der Waals surface area contributed by atoms with Crippen LogP contribution in [0.5, 0.6) is 0 Å². The van der Waals surface area contributed by atoms with Crippen LogP contribution in [0.4, 0.5) is 0 Å². The average molecular weight is 424 g/mol. The average Bonchev–Trinajstić information content (AvgIpc) is 2.05. The van der Waals surface area contributed by atoms with Crippen molar-refractivity contribution in [2.45, 2.75) is 19.4 Å². The van der Waals surface area contributed by atoms with Gasteiger partial charge >= 0.3 is 31.3 Å². The maximum absolute atomic E-state index is 11.0. The second kappa shape index (κ2) is 8.57. The van der Waals surface area contributed by atoms with E-state index in [1.165, 1.54) is 19.9 Å². The van der Waals surface area contributed by atoms with Crippen molar-refractivity contribution in [1.82, 2.24) is 0 Å². The molecule has 0 aliphatic rings. The van der Waals surface area contributed by atoms with E-state index in [1.807, 2.05) is 0 Å². The summed E-state index contributed by atoms with van der Waals surface area (Å²) in [4.78, 5) is 56.4. The minimum atomic E-state index is -5.06. The molecule has 0 saturated carbocycles. The van der Waals surface area contributed by atoms with Crippen LogP contribution in [0.25, 0.3) is 0 Å². The minimum absolute atomic E-state index is 1.19. The fraction of sp³-hybridized carbons (Fsp3) is 0.600. The van der Waals surface area contributed by atoms with E-state index >= 15 is 0 Å². The minimum Gasteiger partial charge on any atom is -0.302 e. The highest BCUT2D eigenvalue weighted by molar-refractivity contribution is 7.61. The van der Waals surface area contributed by atoms with Crippen LogP contribution in [-0.2, 0) is 31.4 Å². The summed E-state index contributed by atoms with van der Waals surface area (Å²) in [5.41, 5.74) is -1.22. The quantitative estimate of drug-likeness (QED) is 0.216. The van der Waals surface area contributed by atoms with Crippen LogP contribution in [0.15, 0.2) is 12.7 Å². The van der Waals surface area contributed by atoms with E-state index in [-0.39, 0.29) is 0 Å². The van der Waals surface area contributed by atoms with E-state index in [9.17, 15) is 18.3 Å². The Bertz CT molecular complexity index is 556. The number of rotatable bonds is 7. The molecule has 0 heterocycles. The van der Waals surface area contributed by atoms with Gasteiger partial charge in [0.05, 0.1) is 5.60 Å². The number of phosphoric ester groups is 1. The van der Waals surface area contributed by atoms with E-state index < -0.39 is 36.9 Å². The largest absolute Gasteiger partial charge is 0.481 e. The highest BCUT2D eigenvalue weighted by Crippen LogP contribution is 2.59. The molecule has 0 spiro atoms. The van der Waals surface area contributed by atoms with Gasteiger partial charge in [-0.05, 0) is 13.8 Å².